The summed E-state index contributed by atoms with van der Waals surface area (Å²) in [4.78, 5) is 26.2. The van der Waals surface area contributed by atoms with Gasteiger partial charge in [0.25, 0.3) is 0 Å². The van der Waals surface area contributed by atoms with Crippen LogP contribution >= 0.6 is 0 Å². The van der Waals surface area contributed by atoms with Crippen molar-refractivity contribution in [2.75, 3.05) is 13.6 Å². The number of piperidine rings is 1. The van der Waals surface area contributed by atoms with E-state index in [1.807, 2.05) is 18.9 Å². The minimum absolute atomic E-state index is 0.0796. The Morgan fingerprint density at radius 3 is 2.82 bits per heavy atom. The number of amides is 3. The molecule has 4 aliphatic rings. The molecule has 0 aromatic rings. The van der Waals surface area contributed by atoms with Crippen molar-refractivity contribution in [3.63, 3.8) is 0 Å². The van der Waals surface area contributed by atoms with E-state index in [9.17, 15) is 14.7 Å². The van der Waals surface area contributed by atoms with Gasteiger partial charge < -0.3 is 20.6 Å². The van der Waals surface area contributed by atoms with Gasteiger partial charge in [0.05, 0.1) is 6.10 Å². The molecule has 2 saturated carbocycles. The lowest BCUT2D eigenvalue weighted by molar-refractivity contribution is -0.145. The van der Waals surface area contributed by atoms with Crippen molar-refractivity contribution in [1.82, 2.24) is 15.5 Å². The van der Waals surface area contributed by atoms with Crippen LogP contribution in [0.1, 0.15) is 59.3 Å². The average Bonchev–Trinajstić information content (AvgIpc) is 2.94. The molecule has 0 radical (unpaired) electrons. The maximum absolute atomic E-state index is 12.2. The number of aliphatic hydroxyl groups excluding tert-OH is 1. The number of rotatable bonds is 2. The van der Waals surface area contributed by atoms with Crippen molar-refractivity contribution in [3.05, 3.63) is 11.8 Å². The lowest BCUT2D eigenvalue weighted by atomic mass is 9.48. The van der Waals surface area contributed by atoms with E-state index in [1.54, 1.807) is 0 Å². The second-order valence-electron chi connectivity index (χ2n) is 9.90. The van der Waals surface area contributed by atoms with Crippen LogP contribution < -0.4 is 10.6 Å². The molecule has 7 atom stereocenters. The van der Waals surface area contributed by atoms with Crippen LogP contribution in [0, 0.1) is 28.6 Å². The molecule has 3 aliphatic carbocycles. The summed E-state index contributed by atoms with van der Waals surface area (Å²) in [5.41, 5.74) is 0.893. The van der Waals surface area contributed by atoms with Crippen molar-refractivity contribution in [2.45, 2.75) is 71.4 Å². The highest BCUT2D eigenvalue weighted by Gasteiger charge is 2.62. The number of carbonyl (C=O) groups is 2. The molecule has 4 rings (SSSR count). The minimum atomic E-state index is -0.404. The van der Waals surface area contributed by atoms with E-state index in [4.69, 9.17) is 0 Å². The fourth-order valence-corrected chi connectivity index (χ4v) is 7.32. The lowest BCUT2D eigenvalue weighted by Gasteiger charge is -2.60. The molecular formula is C22H35N3O3. The number of urea groups is 1. The van der Waals surface area contributed by atoms with Crippen molar-refractivity contribution in [3.8, 4) is 0 Å². The smallest absolute Gasteiger partial charge is 0.315 e. The maximum Gasteiger partial charge on any atom is 0.315 e. The van der Waals surface area contributed by atoms with E-state index in [2.05, 4.69) is 30.6 Å². The van der Waals surface area contributed by atoms with Crippen LogP contribution in [-0.4, -0.2) is 47.7 Å². The first kappa shape index (κ1) is 19.7. The molecule has 0 aromatic carbocycles. The Hall–Kier alpha value is -1.56. The van der Waals surface area contributed by atoms with Gasteiger partial charge in [0.15, 0.2) is 0 Å². The number of aliphatic hydroxyl groups is 1. The molecule has 28 heavy (non-hydrogen) atoms. The third-order valence-electron chi connectivity index (χ3n) is 8.59. The van der Waals surface area contributed by atoms with E-state index in [0.29, 0.717) is 24.8 Å². The van der Waals surface area contributed by atoms with Gasteiger partial charge in [-0.05, 0) is 62.2 Å². The van der Waals surface area contributed by atoms with Gasteiger partial charge in [0, 0.05) is 37.2 Å². The van der Waals surface area contributed by atoms with E-state index >= 15 is 0 Å². The number of fused-ring (bicyclic) bond motifs is 5. The Bertz CT molecular complexity index is 707. The number of hydrogen-bond donors (Lipinski definition) is 3. The average molecular weight is 390 g/mol. The first-order valence-corrected chi connectivity index (χ1v) is 10.9. The Morgan fingerprint density at radius 2 is 2.11 bits per heavy atom. The van der Waals surface area contributed by atoms with Gasteiger partial charge >= 0.3 is 6.03 Å². The van der Waals surface area contributed by atoms with Crippen LogP contribution in [0.25, 0.3) is 0 Å². The normalized spacial score (nSPS) is 44.9. The number of nitrogens with one attached hydrogen (secondary N) is 2. The number of allylic oxidation sites excluding steroid dienone is 2. The fraction of sp³-hybridized carbons (Fsp3) is 0.818. The SMILES string of the molecule is CCNC(=O)N[C@H]1CCC2C3CC=C4N(C)C(=O)CC[C@]4(C)C3[C@@H](O)C[C@@]21C. The summed E-state index contributed by atoms with van der Waals surface area (Å²) in [7, 11) is 1.88. The quantitative estimate of drug-likeness (QED) is 0.679. The first-order valence-electron chi connectivity index (χ1n) is 10.9. The Kier molecular flexibility index (Phi) is 4.76. The highest BCUT2D eigenvalue weighted by molar-refractivity contribution is 5.79. The molecule has 6 heteroatoms. The summed E-state index contributed by atoms with van der Waals surface area (Å²) >= 11 is 0. The predicted octanol–water partition coefficient (Wildman–Crippen LogP) is 2.63. The van der Waals surface area contributed by atoms with Gasteiger partial charge in [-0.3, -0.25) is 4.79 Å². The van der Waals surface area contributed by atoms with Crippen LogP contribution in [0.2, 0.25) is 0 Å². The molecule has 1 saturated heterocycles. The van der Waals surface area contributed by atoms with Gasteiger partial charge in [-0.15, -0.1) is 0 Å². The van der Waals surface area contributed by atoms with Crippen LogP contribution in [0.5, 0.6) is 0 Å². The van der Waals surface area contributed by atoms with Crippen molar-refractivity contribution in [2.24, 2.45) is 28.6 Å². The van der Waals surface area contributed by atoms with Crippen LogP contribution in [0.3, 0.4) is 0 Å². The summed E-state index contributed by atoms with van der Waals surface area (Å²) in [6.07, 6.45) is 6.94. The minimum Gasteiger partial charge on any atom is -0.393 e. The van der Waals surface area contributed by atoms with E-state index in [-0.39, 0.29) is 34.7 Å². The Labute approximate surface area is 168 Å². The topological polar surface area (TPSA) is 81.7 Å². The molecule has 0 spiro atoms. The highest BCUT2D eigenvalue weighted by atomic mass is 16.3. The van der Waals surface area contributed by atoms with Crippen molar-refractivity contribution < 1.29 is 14.7 Å². The molecule has 3 fully saturated rings. The Morgan fingerprint density at radius 1 is 1.36 bits per heavy atom. The largest absolute Gasteiger partial charge is 0.393 e. The van der Waals surface area contributed by atoms with E-state index in [0.717, 1.165) is 37.8 Å². The third-order valence-corrected chi connectivity index (χ3v) is 8.59. The molecule has 0 aromatic heterocycles. The zero-order chi connectivity index (χ0) is 20.3. The summed E-state index contributed by atoms with van der Waals surface area (Å²) in [6.45, 7) is 7.05. The molecule has 1 aliphatic heterocycles. The van der Waals surface area contributed by atoms with Crippen LogP contribution in [0.4, 0.5) is 4.79 Å². The van der Waals surface area contributed by atoms with Gasteiger partial charge in [-0.1, -0.05) is 19.9 Å². The third kappa shape index (κ3) is 2.71. The maximum atomic E-state index is 12.2. The van der Waals surface area contributed by atoms with Crippen molar-refractivity contribution >= 4 is 11.9 Å². The zero-order valence-corrected chi connectivity index (χ0v) is 17.6. The molecule has 6 nitrogen and oxygen atoms in total. The van der Waals surface area contributed by atoms with E-state index in [1.165, 1.54) is 0 Å². The second kappa shape index (κ2) is 6.75. The van der Waals surface area contributed by atoms with Gasteiger partial charge in [-0.25, -0.2) is 4.79 Å². The summed E-state index contributed by atoms with van der Waals surface area (Å²) in [5, 5.41) is 17.4. The number of nitrogens with zero attached hydrogens (tertiary/aromatic N) is 1. The van der Waals surface area contributed by atoms with Crippen LogP contribution in [0.15, 0.2) is 11.8 Å². The Balaban J connectivity index is 1.63. The molecule has 0 bridgehead atoms. The number of carbonyl (C=O) groups excluding carboxylic acids is 2. The molecule has 3 amide bonds. The molecule has 156 valence electrons. The zero-order valence-electron chi connectivity index (χ0n) is 17.6. The number of hydrogen-bond acceptors (Lipinski definition) is 3. The summed E-state index contributed by atoms with van der Waals surface area (Å²) in [5.74, 6) is 1.27. The molecule has 1 heterocycles. The van der Waals surface area contributed by atoms with Gasteiger partial charge in [0.1, 0.15) is 0 Å². The van der Waals surface area contributed by atoms with E-state index < -0.39 is 6.10 Å². The fourth-order valence-electron chi connectivity index (χ4n) is 7.32. The molecular weight excluding hydrogens is 354 g/mol. The number of likely N-dealkylation sites (tertiary alicyclic amines) is 1. The monoisotopic (exact) mass is 389 g/mol. The summed E-state index contributed by atoms with van der Waals surface area (Å²) < 4.78 is 0. The molecule has 3 N–H and O–H groups in total. The predicted molar refractivity (Wildman–Crippen MR) is 107 cm³/mol. The lowest BCUT2D eigenvalue weighted by Crippen LogP contribution is -2.60. The van der Waals surface area contributed by atoms with Crippen molar-refractivity contribution in [1.29, 1.82) is 0 Å². The highest BCUT2D eigenvalue weighted by Crippen LogP contribution is 2.64. The first-order chi connectivity index (χ1) is 13.2. The second-order valence-corrected chi connectivity index (χ2v) is 9.90. The molecule has 3 unspecified atom stereocenters. The van der Waals surface area contributed by atoms with Crippen LogP contribution in [-0.2, 0) is 4.79 Å². The van der Waals surface area contributed by atoms with Gasteiger partial charge in [-0.2, -0.15) is 0 Å². The van der Waals surface area contributed by atoms with Gasteiger partial charge in [0.2, 0.25) is 5.91 Å². The summed E-state index contributed by atoms with van der Waals surface area (Å²) in [6, 6.07) is 0.00429. The standard InChI is InChI=1S/C22H35N3O3/c1-5-23-20(28)24-16-8-7-14-13-6-9-17-21(2,11-10-18(27)25(17)4)19(13)15(26)12-22(14,16)3/h9,13-16,19,26H,5-8,10-12H2,1-4H3,(H2,23,24,28)/t13?,14?,15-,16-,19?,21-,22-/m0/s1.